The fourth-order valence-corrected chi connectivity index (χ4v) is 4.09. The third kappa shape index (κ3) is 17.2. The number of nitrogens with one attached hydrogen (secondary N) is 1. The maximum Gasteiger partial charge on any atom is 0.330 e. The van der Waals surface area contributed by atoms with E-state index < -0.39 is 14.7 Å². The molecule has 2 atom stereocenters. The van der Waals surface area contributed by atoms with Gasteiger partial charge in [0.15, 0.2) is 6.10 Å². The smallest absolute Gasteiger partial charge is 0.330 e. The van der Waals surface area contributed by atoms with Crippen molar-refractivity contribution in [1.82, 2.24) is 0 Å². The van der Waals surface area contributed by atoms with Crippen LogP contribution in [0.15, 0.2) is 24.3 Å². The van der Waals surface area contributed by atoms with Crippen LogP contribution in [-0.4, -0.2) is 57.9 Å². The molecule has 196 valence electrons. The molecule has 0 saturated heterocycles. The molecule has 0 fully saturated rings. The van der Waals surface area contributed by atoms with Crippen LogP contribution in [0, 0.1) is 0 Å². The summed E-state index contributed by atoms with van der Waals surface area (Å²) in [6.07, 6.45) is 13.9. The fraction of sp³-hybridized carbons (Fsp3) is 0.731. The average molecular weight is 501 g/mol. The average Bonchev–Trinajstić information content (AvgIpc) is 2.82. The van der Waals surface area contributed by atoms with Crippen LogP contribution in [0.25, 0.3) is 0 Å². The number of hydrogen-bond donors (Lipinski definition) is 2. The Labute approximate surface area is 208 Å². The molecule has 0 amide bonds. The van der Waals surface area contributed by atoms with Crippen LogP contribution in [0.5, 0.6) is 5.75 Å². The molecule has 8 heteroatoms. The highest BCUT2D eigenvalue weighted by atomic mass is 31.2. The first kappa shape index (κ1) is 30.8. The predicted octanol–water partition coefficient (Wildman–Crippen LogP) is 4.47. The second-order valence-electron chi connectivity index (χ2n) is 9.07. The van der Waals surface area contributed by atoms with Gasteiger partial charge in [0, 0.05) is 0 Å². The second kappa shape index (κ2) is 21.1. The van der Waals surface area contributed by atoms with Gasteiger partial charge in [0.2, 0.25) is 0 Å². The molecule has 2 unspecified atom stereocenters. The SMILES string of the molecule is CCCCCCCCCCCCc1ccc(OCC(COP(O)OCC[NH+](C)C)OC=O)cc1. The lowest BCUT2D eigenvalue weighted by molar-refractivity contribution is -0.858. The first-order valence-corrected chi connectivity index (χ1v) is 14.0. The number of benzene rings is 1. The normalized spacial score (nSPS) is 13.1. The van der Waals surface area contributed by atoms with E-state index in [9.17, 15) is 9.69 Å². The zero-order chi connectivity index (χ0) is 24.9. The van der Waals surface area contributed by atoms with E-state index in [1.807, 2.05) is 26.2 Å². The van der Waals surface area contributed by atoms with Crippen LogP contribution in [-0.2, 0) is 25.0 Å². The van der Waals surface area contributed by atoms with Crippen molar-refractivity contribution in [3.63, 3.8) is 0 Å². The molecule has 1 rings (SSSR count). The molecule has 0 aliphatic carbocycles. The van der Waals surface area contributed by atoms with E-state index in [-0.39, 0.29) is 13.2 Å². The minimum absolute atomic E-state index is 0.00654. The number of quaternary nitrogens is 1. The van der Waals surface area contributed by atoms with Gasteiger partial charge in [-0.25, -0.2) is 0 Å². The summed E-state index contributed by atoms with van der Waals surface area (Å²) in [6.45, 7) is 3.93. The van der Waals surface area contributed by atoms with Crippen molar-refractivity contribution in [3.8, 4) is 5.75 Å². The van der Waals surface area contributed by atoms with Gasteiger partial charge in [-0.15, -0.1) is 0 Å². The molecule has 7 nitrogen and oxygen atoms in total. The molecule has 0 aromatic heterocycles. The van der Waals surface area contributed by atoms with Gasteiger partial charge in [-0.2, -0.15) is 0 Å². The lowest BCUT2D eigenvalue weighted by Gasteiger charge is -2.18. The monoisotopic (exact) mass is 500 g/mol. The summed E-state index contributed by atoms with van der Waals surface area (Å²) in [6, 6.07) is 8.05. The van der Waals surface area contributed by atoms with Crippen molar-refractivity contribution in [2.24, 2.45) is 0 Å². The molecule has 0 bridgehead atoms. The Bertz CT molecular complexity index is 601. The molecule has 0 aliphatic rings. The van der Waals surface area contributed by atoms with E-state index in [1.165, 1.54) is 74.7 Å². The lowest BCUT2D eigenvalue weighted by atomic mass is 10.0. The van der Waals surface area contributed by atoms with Gasteiger partial charge in [-0.3, -0.25) is 4.79 Å². The van der Waals surface area contributed by atoms with Crippen LogP contribution in [0.4, 0.5) is 0 Å². The molecule has 0 spiro atoms. The van der Waals surface area contributed by atoms with E-state index >= 15 is 0 Å². The van der Waals surface area contributed by atoms with Crippen molar-refractivity contribution in [1.29, 1.82) is 0 Å². The Hall–Kier alpha value is -1.24. The molecular formula is C26H47NO6P+. The van der Waals surface area contributed by atoms with Gasteiger partial charge in [0.05, 0.1) is 20.7 Å². The lowest BCUT2D eigenvalue weighted by Crippen LogP contribution is -3.06. The Morgan fingerprint density at radius 1 is 0.912 bits per heavy atom. The number of carbonyl (C=O) groups is 1. The number of unbranched alkanes of at least 4 members (excludes halogenated alkanes) is 9. The minimum Gasteiger partial charge on any atom is -0.490 e. The van der Waals surface area contributed by atoms with E-state index in [2.05, 4.69) is 19.1 Å². The Kier molecular flexibility index (Phi) is 19.1. The van der Waals surface area contributed by atoms with Crippen LogP contribution in [0.1, 0.15) is 76.7 Å². The highest BCUT2D eigenvalue weighted by Crippen LogP contribution is 2.32. The van der Waals surface area contributed by atoms with E-state index in [0.29, 0.717) is 18.8 Å². The van der Waals surface area contributed by atoms with Crippen molar-refractivity contribution in [3.05, 3.63) is 29.8 Å². The van der Waals surface area contributed by atoms with Gasteiger partial charge in [0.25, 0.3) is 6.47 Å². The first-order valence-electron chi connectivity index (χ1n) is 12.9. The number of rotatable bonds is 23. The third-order valence-corrected chi connectivity index (χ3v) is 6.37. The summed E-state index contributed by atoms with van der Waals surface area (Å²) in [7, 11) is 2.00. The topological polar surface area (TPSA) is 78.7 Å². The quantitative estimate of drug-likeness (QED) is 0.131. The Morgan fingerprint density at radius 3 is 2.12 bits per heavy atom. The molecule has 34 heavy (non-hydrogen) atoms. The predicted molar refractivity (Wildman–Crippen MR) is 137 cm³/mol. The maximum atomic E-state index is 10.8. The molecule has 0 saturated carbocycles. The van der Waals surface area contributed by atoms with Gasteiger partial charge < -0.3 is 28.3 Å². The first-order chi connectivity index (χ1) is 16.5. The summed E-state index contributed by atoms with van der Waals surface area (Å²) in [5, 5.41) is 0. The molecule has 2 N–H and O–H groups in total. The molecule has 1 aromatic rings. The minimum atomic E-state index is -2.00. The van der Waals surface area contributed by atoms with Crippen LogP contribution >= 0.6 is 8.60 Å². The number of aryl methyl sites for hydroxylation is 1. The number of likely N-dealkylation sites (N-methyl/N-ethyl adjacent to an activating group) is 1. The number of ether oxygens (including phenoxy) is 2. The summed E-state index contributed by atoms with van der Waals surface area (Å²) in [5.41, 5.74) is 1.30. The Morgan fingerprint density at radius 2 is 1.53 bits per heavy atom. The van der Waals surface area contributed by atoms with E-state index in [4.69, 9.17) is 18.5 Å². The fourth-order valence-electron chi connectivity index (χ4n) is 3.48. The molecular weight excluding hydrogens is 453 g/mol. The zero-order valence-corrected chi connectivity index (χ0v) is 22.4. The van der Waals surface area contributed by atoms with Crippen molar-refractivity contribution >= 4 is 15.1 Å². The molecule has 1 aromatic carbocycles. The van der Waals surface area contributed by atoms with Crippen molar-refractivity contribution in [2.45, 2.75) is 83.7 Å². The van der Waals surface area contributed by atoms with E-state index in [1.54, 1.807) is 0 Å². The van der Waals surface area contributed by atoms with E-state index in [0.717, 1.165) is 13.0 Å². The van der Waals surface area contributed by atoms with Gasteiger partial charge in [-0.05, 0) is 30.5 Å². The van der Waals surface area contributed by atoms with Gasteiger partial charge in [-0.1, -0.05) is 76.8 Å². The molecule has 0 heterocycles. The van der Waals surface area contributed by atoms with Crippen LogP contribution in [0.2, 0.25) is 0 Å². The molecule has 0 aliphatic heterocycles. The van der Waals surface area contributed by atoms with Crippen LogP contribution in [0.3, 0.4) is 0 Å². The number of carbonyl (C=O) groups excluding carboxylic acids is 1. The summed E-state index contributed by atoms with van der Waals surface area (Å²) < 4.78 is 21.2. The van der Waals surface area contributed by atoms with Gasteiger partial charge >= 0.3 is 8.60 Å². The maximum absolute atomic E-state index is 10.8. The molecule has 0 radical (unpaired) electrons. The third-order valence-electron chi connectivity index (χ3n) is 5.60. The standard InChI is InChI=1S/C26H46NO6P/c1-4-5-6-7-8-9-10-11-12-13-14-24-15-17-25(18-16-24)30-21-26(31-23-28)22-33-34(29)32-20-19-27(2)3/h15-18,23,26,29H,4-14,19-22H2,1-3H3/p+1. The van der Waals surface area contributed by atoms with Gasteiger partial charge in [0.1, 0.15) is 25.5 Å². The van der Waals surface area contributed by atoms with Crippen molar-refractivity contribution < 1.29 is 33.1 Å². The Balaban J connectivity index is 2.18. The van der Waals surface area contributed by atoms with Crippen LogP contribution < -0.4 is 9.64 Å². The van der Waals surface area contributed by atoms with Crippen molar-refractivity contribution in [2.75, 3.05) is 40.5 Å². The summed E-state index contributed by atoms with van der Waals surface area (Å²) in [4.78, 5) is 21.8. The largest absolute Gasteiger partial charge is 0.490 e. The zero-order valence-electron chi connectivity index (χ0n) is 21.5. The number of hydrogen-bond acceptors (Lipinski definition) is 6. The highest BCUT2D eigenvalue weighted by Gasteiger charge is 2.16. The summed E-state index contributed by atoms with van der Waals surface area (Å²) in [5.74, 6) is 0.711. The highest BCUT2D eigenvalue weighted by molar-refractivity contribution is 7.40. The summed E-state index contributed by atoms with van der Waals surface area (Å²) >= 11 is 0. The second-order valence-corrected chi connectivity index (χ2v) is 10.1.